The van der Waals surface area contributed by atoms with Crippen LogP contribution in [-0.2, 0) is 0 Å². The van der Waals surface area contributed by atoms with E-state index in [4.69, 9.17) is 11.5 Å². The lowest BCUT2D eigenvalue weighted by Gasteiger charge is -2.20. The molecule has 0 saturated carbocycles. The molecule has 0 aliphatic heterocycles. The summed E-state index contributed by atoms with van der Waals surface area (Å²) >= 11 is 0. The zero-order valence-electron chi connectivity index (χ0n) is 9.90. The molecule has 0 fully saturated rings. The highest BCUT2D eigenvalue weighted by molar-refractivity contribution is 5.85. The average molecular weight is 285 g/mol. The van der Waals surface area contributed by atoms with Crippen LogP contribution in [0.2, 0.25) is 0 Å². The molecule has 0 aromatic heterocycles. The van der Waals surface area contributed by atoms with Crippen molar-refractivity contribution < 1.29 is 0 Å². The maximum absolute atomic E-state index is 6.15. The summed E-state index contributed by atoms with van der Waals surface area (Å²) in [5.74, 6) is 0. The van der Waals surface area contributed by atoms with E-state index in [1.54, 1.807) is 0 Å². The van der Waals surface area contributed by atoms with Crippen molar-refractivity contribution in [2.75, 3.05) is 0 Å². The maximum atomic E-state index is 6.15. The smallest absolute Gasteiger partial charge is 0.0491 e. The Bertz CT molecular complexity index is 391. The first-order chi connectivity index (χ1) is 7.79. The monoisotopic (exact) mass is 284 g/mol. The Balaban J connectivity index is 0.00000144. The Kier molecular flexibility index (Phi) is 7.64. The van der Waals surface area contributed by atoms with Gasteiger partial charge >= 0.3 is 0 Å². The molecule has 0 spiro atoms. The molecule has 98 valence electrons. The molecule has 2 unspecified atom stereocenters. The van der Waals surface area contributed by atoms with Crippen molar-refractivity contribution in [3.63, 3.8) is 0 Å². The topological polar surface area (TPSA) is 52.0 Å². The van der Waals surface area contributed by atoms with Gasteiger partial charge in [-0.05, 0) is 11.1 Å². The fraction of sp³-hybridized carbons (Fsp3) is 0.143. The molecule has 0 aliphatic carbocycles. The van der Waals surface area contributed by atoms with Crippen LogP contribution in [0.1, 0.15) is 23.2 Å². The Labute approximate surface area is 120 Å². The average Bonchev–Trinajstić information content (AvgIpc) is 2.39. The lowest BCUT2D eigenvalue weighted by molar-refractivity contribution is 0.574. The van der Waals surface area contributed by atoms with Crippen LogP contribution in [0.15, 0.2) is 60.7 Å². The highest BCUT2D eigenvalue weighted by atomic mass is 35.5. The molecule has 2 aromatic rings. The van der Waals surface area contributed by atoms with Crippen molar-refractivity contribution in [2.45, 2.75) is 12.1 Å². The van der Waals surface area contributed by atoms with Crippen molar-refractivity contribution in [1.29, 1.82) is 0 Å². The predicted molar refractivity (Wildman–Crippen MR) is 81.2 cm³/mol. The number of rotatable bonds is 3. The second kappa shape index (κ2) is 8.11. The molecule has 4 N–H and O–H groups in total. The van der Waals surface area contributed by atoms with Crippen LogP contribution in [0.3, 0.4) is 0 Å². The molecular formula is C14H18Cl2N2. The zero-order chi connectivity index (χ0) is 11.4. The third-order valence-corrected chi connectivity index (χ3v) is 2.76. The van der Waals surface area contributed by atoms with Gasteiger partial charge in [0.1, 0.15) is 0 Å². The first-order valence-electron chi connectivity index (χ1n) is 5.40. The molecule has 0 amide bonds. The van der Waals surface area contributed by atoms with Crippen LogP contribution in [0.4, 0.5) is 0 Å². The number of hydrogen-bond acceptors (Lipinski definition) is 2. The molecule has 0 heterocycles. The molecular weight excluding hydrogens is 267 g/mol. The molecule has 0 aliphatic rings. The van der Waals surface area contributed by atoms with E-state index >= 15 is 0 Å². The number of halogens is 2. The molecule has 2 atom stereocenters. The molecule has 2 aromatic carbocycles. The minimum absolute atomic E-state index is 0. The van der Waals surface area contributed by atoms with Gasteiger partial charge in [-0.1, -0.05) is 60.7 Å². The lowest BCUT2D eigenvalue weighted by Crippen LogP contribution is -2.26. The Morgan fingerprint density at radius 3 is 1.11 bits per heavy atom. The predicted octanol–water partition coefficient (Wildman–Crippen LogP) is 3.23. The molecule has 0 radical (unpaired) electrons. The normalized spacial score (nSPS) is 12.8. The largest absolute Gasteiger partial charge is 0.322 e. The second-order valence-corrected chi connectivity index (χ2v) is 3.87. The summed E-state index contributed by atoms with van der Waals surface area (Å²) in [5.41, 5.74) is 14.4. The molecule has 2 nitrogen and oxygen atoms in total. The van der Waals surface area contributed by atoms with Gasteiger partial charge in [0.25, 0.3) is 0 Å². The third kappa shape index (κ3) is 4.00. The van der Waals surface area contributed by atoms with Gasteiger partial charge in [-0.2, -0.15) is 0 Å². The Morgan fingerprint density at radius 1 is 0.556 bits per heavy atom. The van der Waals surface area contributed by atoms with E-state index in [-0.39, 0.29) is 36.9 Å². The van der Waals surface area contributed by atoms with Crippen LogP contribution in [0.5, 0.6) is 0 Å². The first-order valence-corrected chi connectivity index (χ1v) is 5.40. The summed E-state index contributed by atoms with van der Waals surface area (Å²) in [6, 6.07) is 19.6. The number of hydrogen-bond donors (Lipinski definition) is 2. The van der Waals surface area contributed by atoms with Crippen LogP contribution in [-0.4, -0.2) is 0 Å². The Hall–Kier alpha value is -1.06. The summed E-state index contributed by atoms with van der Waals surface area (Å²) in [5, 5.41) is 0. The van der Waals surface area contributed by atoms with E-state index in [0.717, 1.165) is 11.1 Å². The molecule has 2 rings (SSSR count). The summed E-state index contributed by atoms with van der Waals surface area (Å²) in [6.07, 6.45) is 0. The van der Waals surface area contributed by atoms with E-state index in [9.17, 15) is 0 Å². The van der Waals surface area contributed by atoms with Gasteiger partial charge in [-0.25, -0.2) is 0 Å². The van der Waals surface area contributed by atoms with Crippen molar-refractivity contribution in [3.05, 3.63) is 71.8 Å². The summed E-state index contributed by atoms with van der Waals surface area (Å²) in [6.45, 7) is 0. The van der Waals surface area contributed by atoms with Crippen molar-refractivity contribution in [1.82, 2.24) is 0 Å². The standard InChI is InChI=1S/C14H16N2.2ClH/c15-13(11-7-3-1-4-8-11)14(16)12-9-5-2-6-10-12;;/h1-10,13-14H,15-16H2;2*1H. The molecule has 18 heavy (non-hydrogen) atoms. The van der Waals surface area contributed by atoms with Gasteiger partial charge < -0.3 is 11.5 Å². The van der Waals surface area contributed by atoms with Gasteiger partial charge in [0.2, 0.25) is 0 Å². The van der Waals surface area contributed by atoms with Gasteiger partial charge in [0.05, 0.1) is 0 Å². The van der Waals surface area contributed by atoms with E-state index < -0.39 is 0 Å². The first kappa shape index (κ1) is 16.9. The minimum Gasteiger partial charge on any atom is -0.322 e. The van der Waals surface area contributed by atoms with Crippen LogP contribution in [0, 0.1) is 0 Å². The SMILES string of the molecule is Cl.Cl.NC(c1ccccc1)C(N)c1ccccc1. The zero-order valence-corrected chi connectivity index (χ0v) is 11.5. The van der Waals surface area contributed by atoms with Crippen LogP contribution in [0.25, 0.3) is 0 Å². The second-order valence-electron chi connectivity index (χ2n) is 3.87. The third-order valence-electron chi connectivity index (χ3n) is 2.76. The summed E-state index contributed by atoms with van der Waals surface area (Å²) in [4.78, 5) is 0. The van der Waals surface area contributed by atoms with Crippen LogP contribution < -0.4 is 11.5 Å². The molecule has 0 saturated heterocycles. The fourth-order valence-corrected chi connectivity index (χ4v) is 1.77. The van der Waals surface area contributed by atoms with E-state index in [0.29, 0.717) is 0 Å². The quantitative estimate of drug-likeness (QED) is 0.909. The minimum atomic E-state index is -0.163. The number of nitrogens with two attached hydrogens (primary N) is 2. The van der Waals surface area contributed by atoms with Gasteiger partial charge in [0, 0.05) is 12.1 Å². The van der Waals surface area contributed by atoms with Crippen molar-refractivity contribution in [2.24, 2.45) is 11.5 Å². The number of benzene rings is 2. The summed E-state index contributed by atoms with van der Waals surface area (Å²) in [7, 11) is 0. The van der Waals surface area contributed by atoms with Crippen molar-refractivity contribution in [3.8, 4) is 0 Å². The maximum Gasteiger partial charge on any atom is 0.0491 e. The van der Waals surface area contributed by atoms with Crippen LogP contribution >= 0.6 is 24.8 Å². The van der Waals surface area contributed by atoms with Gasteiger partial charge in [-0.3, -0.25) is 0 Å². The fourth-order valence-electron chi connectivity index (χ4n) is 1.77. The molecule has 4 heteroatoms. The van der Waals surface area contributed by atoms with E-state index in [2.05, 4.69) is 0 Å². The highest BCUT2D eigenvalue weighted by Gasteiger charge is 2.16. The molecule has 0 bridgehead atoms. The highest BCUT2D eigenvalue weighted by Crippen LogP contribution is 2.23. The van der Waals surface area contributed by atoms with E-state index in [1.165, 1.54) is 0 Å². The van der Waals surface area contributed by atoms with E-state index in [1.807, 2.05) is 60.7 Å². The summed E-state index contributed by atoms with van der Waals surface area (Å²) < 4.78 is 0. The van der Waals surface area contributed by atoms with Gasteiger partial charge in [0.15, 0.2) is 0 Å². The van der Waals surface area contributed by atoms with Gasteiger partial charge in [-0.15, -0.1) is 24.8 Å². The van der Waals surface area contributed by atoms with Crippen molar-refractivity contribution >= 4 is 24.8 Å². The Morgan fingerprint density at radius 2 is 0.833 bits per heavy atom. The lowest BCUT2D eigenvalue weighted by atomic mass is 9.95.